The Bertz CT molecular complexity index is 359. The second kappa shape index (κ2) is 5.01. The van der Waals surface area contributed by atoms with E-state index >= 15 is 0 Å². The molecule has 0 aliphatic heterocycles. The van der Waals surface area contributed by atoms with Crippen molar-refractivity contribution in [3.8, 4) is 5.75 Å². The number of benzene rings is 1. The zero-order valence-corrected chi connectivity index (χ0v) is 9.20. The van der Waals surface area contributed by atoms with Crippen LogP contribution in [0.5, 0.6) is 5.75 Å². The Hall–Kier alpha value is -0.520. The van der Waals surface area contributed by atoms with E-state index in [0.717, 1.165) is 0 Å². The maximum atomic E-state index is 9.63. The van der Waals surface area contributed by atoms with Crippen LogP contribution in [-0.4, -0.2) is 28.0 Å². The fourth-order valence-electron chi connectivity index (χ4n) is 1.11. The summed E-state index contributed by atoms with van der Waals surface area (Å²) in [6, 6.07) is 2.49. The van der Waals surface area contributed by atoms with E-state index in [-0.39, 0.29) is 27.9 Å². The second-order valence-corrected chi connectivity index (χ2v) is 3.89. The van der Waals surface area contributed by atoms with Crippen LogP contribution in [0.2, 0.25) is 10.0 Å². The molecule has 0 saturated heterocycles. The molecule has 0 heterocycles. The van der Waals surface area contributed by atoms with Crippen LogP contribution in [0.25, 0.3) is 0 Å². The Morgan fingerprint density at radius 3 is 2.33 bits per heavy atom. The molecule has 2 atom stereocenters. The highest BCUT2D eigenvalue weighted by Crippen LogP contribution is 2.34. The van der Waals surface area contributed by atoms with Crippen molar-refractivity contribution in [1.82, 2.24) is 0 Å². The second-order valence-electron chi connectivity index (χ2n) is 3.07. The molecule has 84 valence electrons. The van der Waals surface area contributed by atoms with Crippen LogP contribution < -0.4 is 5.73 Å². The molecule has 0 aromatic heterocycles. The molecule has 0 fully saturated rings. The summed E-state index contributed by atoms with van der Waals surface area (Å²) in [6.07, 6.45) is -2.34. The van der Waals surface area contributed by atoms with E-state index in [1.807, 2.05) is 0 Å². The maximum Gasteiger partial charge on any atom is 0.135 e. The van der Waals surface area contributed by atoms with Gasteiger partial charge in [0.1, 0.15) is 11.9 Å². The van der Waals surface area contributed by atoms with Crippen LogP contribution in [0.4, 0.5) is 0 Å². The van der Waals surface area contributed by atoms with Crippen LogP contribution in [0.3, 0.4) is 0 Å². The molecule has 0 spiro atoms. The lowest BCUT2D eigenvalue weighted by atomic mass is 10.0. The summed E-state index contributed by atoms with van der Waals surface area (Å²) < 4.78 is 0. The highest BCUT2D eigenvalue weighted by atomic mass is 35.5. The number of halogens is 2. The van der Waals surface area contributed by atoms with Crippen LogP contribution in [0, 0.1) is 0 Å². The lowest BCUT2D eigenvalue weighted by molar-refractivity contribution is 0.0244. The minimum atomic E-state index is -1.22. The van der Waals surface area contributed by atoms with Crippen LogP contribution in [0.15, 0.2) is 12.1 Å². The number of rotatable bonds is 3. The molecule has 2 unspecified atom stereocenters. The minimum Gasteiger partial charge on any atom is -0.506 e. The summed E-state index contributed by atoms with van der Waals surface area (Å²) >= 11 is 11.4. The number of nitrogens with two attached hydrogens (primary N) is 1. The molecule has 0 amide bonds. The third-order valence-electron chi connectivity index (χ3n) is 1.99. The highest BCUT2D eigenvalue weighted by molar-refractivity contribution is 6.34. The average Bonchev–Trinajstić information content (AvgIpc) is 2.21. The van der Waals surface area contributed by atoms with Crippen LogP contribution in [-0.2, 0) is 0 Å². The summed E-state index contributed by atoms with van der Waals surface area (Å²) in [7, 11) is 0. The average molecular weight is 252 g/mol. The lowest BCUT2D eigenvalue weighted by Gasteiger charge is -2.18. The molecule has 0 aliphatic rings. The van der Waals surface area contributed by atoms with Gasteiger partial charge in [-0.2, -0.15) is 0 Å². The van der Waals surface area contributed by atoms with Gasteiger partial charge in [-0.25, -0.2) is 0 Å². The van der Waals surface area contributed by atoms with Crippen molar-refractivity contribution in [2.45, 2.75) is 12.2 Å². The standard InChI is InChI=1S/C9H11Cl2NO3/c10-5-2-7(13)6(11)1-4(5)9(15)8(14)3-12/h1-2,8-9,13-15H,3,12H2. The van der Waals surface area contributed by atoms with Crippen molar-refractivity contribution >= 4 is 23.2 Å². The van der Waals surface area contributed by atoms with Gasteiger partial charge in [0, 0.05) is 18.2 Å². The van der Waals surface area contributed by atoms with Crippen molar-refractivity contribution in [2.75, 3.05) is 6.54 Å². The van der Waals surface area contributed by atoms with E-state index in [4.69, 9.17) is 28.9 Å². The van der Waals surface area contributed by atoms with Crippen LogP contribution >= 0.6 is 23.2 Å². The monoisotopic (exact) mass is 251 g/mol. The van der Waals surface area contributed by atoms with E-state index in [9.17, 15) is 15.3 Å². The summed E-state index contributed by atoms with van der Waals surface area (Å²) in [6.45, 7) is -0.101. The van der Waals surface area contributed by atoms with Gasteiger partial charge in [-0.15, -0.1) is 0 Å². The van der Waals surface area contributed by atoms with Crippen molar-refractivity contribution in [3.63, 3.8) is 0 Å². The summed E-state index contributed by atoms with van der Waals surface area (Å²) in [5.74, 6) is -0.181. The largest absolute Gasteiger partial charge is 0.506 e. The molecule has 4 nitrogen and oxygen atoms in total. The Morgan fingerprint density at radius 1 is 1.20 bits per heavy atom. The van der Waals surface area contributed by atoms with E-state index in [2.05, 4.69) is 0 Å². The summed E-state index contributed by atoms with van der Waals surface area (Å²) in [4.78, 5) is 0. The molecule has 1 rings (SSSR count). The van der Waals surface area contributed by atoms with E-state index < -0.39 is 12.2 Å². The summed E-state index contributed by atoms with van der Waals surface area (Å²) in [5, 5.41) is 28.3. The quantitative estimate of drug-likeness (QED) is 0.647. The summed E-state index contributed by atoms with van der Waals surface area (Å²) in [5.41, 5.74) is 5.43. The van der Waals surface area contributed by atoms with Gasteiger partial charge in [-0.05, 0) is 6.07 Å². The molecule has 0 aliphatic carbocycles. The molecule has 1 aromatic rings. The molecule has 1 aromatic carbocycles. The lowest BCUT2D eigenvalue weighted by Crippen LogP contribution is -2.27. The van der Waals surface area contributed by atoms with E-state index in [0.29, 0.717) is 0 Å². The van der Waals surface area contributed by atoms with Crippen LogP contribution in [0.1, 0.15) is 11.7 Å². The first kappa shape index (κ1) is 12.5. The molecule has 0 radical (unpaired) electrons. The first-order valence-electron chi connectivity index (χ1n) is 4.21. The van der Waals surface area contributed by atoms with Crippen molar-refractivity contribution in [3.05, 3.63) is 27.7 Å². The Morgan fingerprint density at radius 2 is 1.80 bits per heavy atom. The van der Waals surface area contributed by atoms with Gasteiger partial charge < -0.3 is 21.1 Å². The molecule has 5 N–H and O–H groups in total. The van der Waals surface area contributed by atoms with Crippen molar-refractivity contribution in [2.24, 2.45) is 5.73 Å². The number of hydrogen-bond donors (Lipinski definition) is 4. The third kappa shape index (κ3) is 2.74. The number of phenols is 1. The fourth-order valence-corrected chi connectivity index (χ4v) is 1.56. The van der Waals surface area contributed by atoms with Gasteiger partial charge in [0.05, 0.1) is 16.1 Å². The number of aromatic hydroxyl groups is 1. The first-order valence-corrected chi connectivity index (χ1v) is 4.97. The number of phenolic OH excluding ortho intramolecular Hbond substituents is 1. The zero-order chi connectivity index (χ0) is 11.6. The molecule has 0 bridgehead atoms. The molecule has 6 heteroatoms. The SMILES string of the molecule is NCC(O)C(O)c1cc(Cl)c(O)cc1Cl. The van der Waals surface area contributed by atoms with Crippen molar-refractivity contribution in [1.29, 1.82) is 0 Å². The fraction of sp³-hybridized carbons (Fsp3) is 0.333. The van der Waals surface area contributed by atoms with Gasteiger partial charge in [0.15, 0.2) is 0 Å². The number of aliphatic hydroxyl groups excluding tert-OH is 2. The van der Waals surface area contributed by atoms with Gasteiger partial charge in [0.25, 0.3) is 0 Å². The predicted octanol–water partition coefficient (Wildman–Crippen LogP) is 1.05. The third-order valence-corrected chi connectivity index (χ3v) is 2.62. The Balaban J connectivity index is 3.09. The number of aliphatic hydroxyl groups is 2. The van der Waals surface area contributed by atoms with E-state index in [1.54, 1.807) is 0 Å². The minimum absolute atomic E-state index is 0.0534. The Kier molecular flexibility index (Phi) is 4.19. The maximum absolute atomic E-state index is 9.63. The topological polar surface area (TPSA) is 86.7 Å². The highest BCUT2D eigenvalue weighted by Gasteiger charge is 2.20. The van der Waals surface area contributed by atoms with Gasteiger partial charge in [0.2, 0.25) is 0 Å². The molecular formula is C9H11Cl2NO3. The molecular weight excluding hydrogens is 241 g/mol. The van der Waals surface area contributed by atoms with Gasteiger partial charge in [-0.3, -0.25) is 0 Å². The first-order chi connectivity index (χ1) is 6.97. The van der Waals surface area contributed by atoms with Gasteiger partial charge >= 0.3 is 0 Å². The molecule has 0 saturated carbocycles. The van der Waals surface area contributed by atoms with Crippen molar-refractivity contribution < 1.29 is 15.3 Å². The smallest absolute Gasteiger partial charge is 0.135 e. The normalized spacial score (nSPS) is 15.0. The Labute approximate surface area is 96.9 Å². The predicted molar refractivity (Wildman–Crippen MR) is 58.1 cm³/mol. The number of hydrogen-bond acceptors (Lipinski definition) is 4. The van der Waals surface area contributed by atoms with E-state index in [1.165, 1.54) is 12.1 Å². The zero-order valence-electron chi connectivity index (χ0n) is 7.69. The van der Waals surface area contributed by atoms with Gasteiger partial charge in [-0.1, -0.05) is 23.2 Å². The molecule has 15 heavy (non-hydrogen) atoms.